The Morgan fingerprint density at radius 1 is 1.04 bits per heavy atom. The number of hydrogen-bond donors (Lipinski definition) is 1. The molecule has 1 heterocycles. The van der Waals surface area contributed by atoms with Gasteiger partial charge in [0.15, 0.2) is 0 Å². The molecule has 1 aromatic heterocycles. The molecule has 1 N–H and O–H groups in total. The van der Waals surface area contributed by atoms with E-state index in [1.54, 1.807) is 0 Å². The molecule has 154 valence electrons. The number of anilines is 1. The highest BCUT2D eigenvalue weighted by atomic mass is 32.2. The first-order valence-corrected chi connectivity index (χ1v) is 11.1. The molecule has 0 bridgehead atoms. The molecule has 8 nitrogen and oxygen atoms in total. The molecule has 0 aliphatic rings. The van der Waals surface area contributed by atoms with E-state index in [-0.39, 0.29) is 10.9 Å². The Kier molecular flexibility index (Phi) is 8.13. The van der Waals surface area contributed by atoms with Gasteiger partial charge in [-0.1, -0.05) is 38.7 Å². The summed E-state index contributed by atoms with van der Waals surface area (Å²) in [7, 11) is -3.59. The lowest BCUT2D eigenvalue weighted by atomic mass is 10.2. The molecule has 0 saturated carbocycles. The largest absolute Gasteiger partial charge is 0.408 e. The van der Waals surface area contributed by atoms with Crippen LogP contribution in [-0.2, 0) is 16.4 Å². The first-order chi connectivity index (χ1) is 13.4. The van der Waals surface area contributed by atoms with Crippen molar-refractivity contribution in [1.29, 1.82) is 0 Å². The standard InChI is InChI=1S/C19H28N4O4S/c1-4-7-13-23(14-8-5-2)28(25,26)16-11-9-15(10-12-16)18(24)20-19-22-21-17(6-3)27-19/h9-12H,4-8,13-14H2,1-3H3,(H,20,22,24). The molecule has 0 aliphatic carbocycles. The summed E-state index contributed by atoms with van der Waals surface area (Å²) in [4.78, 5) is 12.5. The van der Waals surface area contributed by atoms with E-state index >= 15 is 0 Å². The smallest absolute Gasteiger partial charge is 0.322 e. The van der Waals surface area contributed by atoms with E-state index in [2.05, 4.69) is 15.5 Å². The van der Waals surface area contributed by atoms with E-state index in [0.717, 1.165) is 25.7 Å². The van der Waals surface area contributed by atoms with Crippen molar-refractivity contribution in [3.05, 3.63) is 35.7 Å². The highest BCUT2D eigenvalue weighted by Gasteiger charge is 2.24. The number of aryl methyl sites for hydroxylation is 1. The number of nitrogens with one attached hydrogen (secondary N) is 1. The van der Waals surface area contributed by atoms with Gasteiger partial charge in [0.1, 0.15) is 0 Å². The normalized spacial score (nSPS) is 11.7. The number of sulfonamides is 1. The van der Waals surface area contributed by atoms with E-state index in [4.69, 9.17) is 4.42 Å². The van der Waals surface area contributed by atoms with Crippen molar-refractivity contribution in [2.45, 2.75) is 57.8 Å². The van der Waals surface area contributed by atoms with Crippen molar-refractivity contribution >= 4 is 21.9 Å². The van der Waals surface area contributed by atoms with Crippen molar-refractivity contribution in [3.63, 3.8) is 0 Å². The first kappa shape index (κ1) is 22.0. The predicted octanol–water partition coefficient (Wildman–Crippen LogP) is 3.48. The summed E-state index contributed by atoms with van der Waals surface area (Å²) in [5.41, 5.74) is 0.309. The van der Waals surface area contributed by atoms with Crippen LogP contribution in [0.15, 0.2) is 33.6 Å². The summed E-state index contributed by atoms with van der Waals surface area (Å²) < 4.78 is 32.7. The molecule has 0 radical (unpaired) electrons. The fraction of sp³-hybridized carbons (Fsp3) is 0.526. The van der Waals surface area contributed by atoms with Gasteiger partial charge in [0.2, 0.25) is 15.9 Å². The number of aromatic nitrogens is 2. The quantitative estimate of drug-likeness (QED) is 0.610. The van der Waals surface area contributed by atoms with E-state index in [1.165, 1.54) is 28.6 Å². The van der Waals surface area contributed by atoms with Gasteiger partial charge in [0.25, 0.3) is 5.91 Å². The summed E-state index contributed by atoms with van der Waals surface area (Å²) >= 11 is 0. The fourth-order valence-corrected chi connectivity index (χ4v) is 4.08. The van der Waals surface area contributed by atoms with Gasteiger partial charge in [-0.05, 0) is 37.1 Å². The summed E-state index contributed by atoms with van der Waals surface area (Å²) in [6, 6.07) is 5.90. The Morgan fingerprint density at radius 3 is 2.14 bits per heavy atom. The molecular weight excluding hydrogens is 380 g/mol. The van der Waals surface area contributed by atoms with Gasteiger partial charge in [-0.2, -0.15) is 4.31 Å². The van der Waals surface area contributed by atoms with Crippen molar-refractivity contribution in [3.8, 4) is 0 Å². The van der Waals surface area contributed by atoms with E-state index in [1.807, 2.05) is 20.8 Å². The van der Waals surface area contributed by atoms with Gasteiger partial charge in [0.05, 0.1) is 4.90 Å². The average molecular weight is 409 g/mol. The second-order valence-electron chi connectivity index (χ2n) is 6.44. The molecule has 9 heteroatoms. The van der Waals surface area contributed by atoms with Gasteiger partial charge < -0.3 is 4.42 Å². The minimum absolute atomic E-state index is 0.0175. The van der Waals surface area contributed by atoms with Crippen molar-refractivity contribution in [2.75, 3.05) is 18.4 Å². The topological polar surface area (TPSA) is 105 Å². The van der Waals surface area contributed by atoms with Gasteiger partial charge in [0, 0.05) is 25.1 Å². The van der Waals surface area contributed by atoms with Crippen LogP contribution in [0.2, 0.25) is 0 Å². The summed E-state index contributed by atoms with van der Waals surface area (Å²) in [5, 5.41) is 10.0. The number of benzene rings is 1. The predicted molar refractivity (Wildman–Crippen MR) is 107 cm³/mol. The van der Waals surface area contributed by atoms with Gasteiger partial charge in [-0.25, -0.2) is 8.42 Å². The SMILES string of the molecule is CCCCN(CCCC)S(=O)(=O)c1ccc(C(=O)Nc2nnc(CC)o2)cc1. The zero-order valence-corrected chi connectivity index (χ0v) is 17.5. The molecule has 0 fully saturated rings. The Balaban J connectivity index is 2.13. The summed E-state index contributed by atoms with van der Waals surface area (Å²) in [6.45, 7) is 6.92. The molecule has 1 amide bonds. The number of carbonyl (C=O) groups excluding carboxylic acids is 1. The Morgan fingerprint density at radius 2 is 1.64 bits per heavy atom. The third-order valence-electron chi connectivity index (χ3n) is 4.27. The molecule has 0 aliphatic heterocycles. The lowest BCUT2D eigenvalue weighted by molar-refractivity contribution is 0.102. The van der Waals surface area contributed by atoms with Crippen LogP contribution >= 0.6 is 0 Å². The minimum atomic E-state index is -3.59. The lowest BCUT2D eigenvalue weighted by Gasteiger charge is -2.22. The average Bonchev–Trinajstić information content (AvgIpc) is 3.15. The number of amides is 1. The third-order valence-corrected chi connectivity index (χ3v) is 6.18. The second-order valence-corrected chi connectivity index (χ2v) is 8.38. The van der Waals surface area contributed by atoms with E-state index in [0.29, 0.717) is 31.0 Å². The molecule has 1 aromatic carbocycles. The number of unbranched alkanes of at least 4 members (excludes halogenated alkanes) is 2. The molecule has 0 saturated heterocycles. The monoisotopic (exact) mass is 408 g/mol. The summed E-state index contributed by atoms with van der Waals surface area (Å²) in [5.74, 6) is -0.0138. The zero-order valence-electron chi connectivity index (χ0n) is 16.6. The van der Waals surface area contributed by atoms with Crippen LogP contribution in [0.25, 0.3) is 0 Å². The van der Waals surface area contributed by atoms with Crippen molar-refractivity contribution in [1.82, 2.24) is 14.5 Å². The van der Waals surface area contributed by atoms with Crippen molar-refractivity contribution in [2.24, 2.45) is 0 Å². The summed E-state index contributed by atoms with van der Waals surface area (Å²) in [6.07, 6.45) is 4.04. The number of nitrogens with zero attached hydrogens (tertiary/aromatic N) is 3. The molecule has 2 rings (SSSR count). The molecule has 2 aromatic rings. The third kappa shape index (κ3) is 5.62. The lowest BCUT2D eigenvalue weighted by Crippen LogP contribution is -2.33. The van der Waals surface area contributed by atoms with E-state index < -0.39 is 15.9 Å². The van der Waals surface area contributed by atoms with Crippen LogP contribution in [-0.4, -0.2) is 41.9 Å². The van der Waals surface area contributed by atoms with Crippen LogP contribution < -0.4 is 5.32 Å². The number of hydrogen-bond acceptors (Lipinski definition) is 6. The van der Waals surface area contributed by atoms with Gasteiger partial charge in [-0.15, -0.1) is 5.10 Å². The maximum atomic E-state index is 12.9. The Labute approximate surface area is 166 Å². The number of carbonyl (C=O) groups is 1. The van der Waals surface area contributed by atoms with Crippen LogP contribution in [0.5, 0.6) is 0 Å². The van der Waals surface area contributed by atoms with Gasteiger partial charge >= 0.3 is 6.01 Å². The fourth-order valence-electron chi connectivity index (χ4n) is 2.56. The maximum Gasteiger partial charge on any atom is 0.322 e. The Hall–Kier alpha value is -2.26. The van der Waals surface area contributed by atoms with Crippen LogP contribution in [0.1, 0.15) is 62.7 Å². The second kappa shape index (κ2) is 10.3. The van der Waals surface area contributed by atoms with Gasteiger partial charge in [-0.3, -0.25) is 10.1 Å². The Bertz CT molecular complexity index is 854. The van der Waals surface area contributed by atoms with Crippen LogP contribution in [0.3, 0.4) is 0 Å². The zero-order chi connectivity index (χ0) is 20.6. The minimum Gasteiger partial charge on any atom is -0.408 e. The number of rotatable bonds is 11. The molecular formula is C19H28N4O4S. The highest BCUT2D eigenvalue weighted by Crippen LogP contribution is 2.19. The maximum absolute atomic E-state index is 12.9. The molecule has 0 spiro atoms. The molecule has 0 atom stereocenters. The molecule has 28 heavy (non-hydrogen) atoms. The molecule has 0 unspecified atom stereocenters. The van der Waals surface area contributed by atoms with Crippen molar-refractivity contribution < 1.29 is 17.6 Å². The highest BCUT2D eigenvalue weighted by molar-refractivity contribution is 7.89. The van der Waals surface area contributed by atoms with E-state index in [9.17, 15) is 13.2 Å². The first-order valence-electron chi connectivity index (χ1n) is 9.66. The van der Waals surface area contributed by atoms with Crippen LogP contribution in [0.4, 0.5) is 6.01 Å². The van der Waals surface area contributed by atoms with Crippen LogP contribution in [0, 0.1) is 0 Å².